The molecule has 0 spiro atoms. The van der Waals surface area contributed by atoms with Crippen LogP contribution in [-0.2, 0) is 29.1 Å². The summed E-state index contributed by atoms with van der Waals surface area (Å²) < 4.78 is 38.2. The molecular formula is C27H30N2O8S. The summed E-state index contributed by atoms with van der Waals surface area (Å²) in [4.78, 5) is 39.5. The summed E-state index contributed by atoms with van der Waals surface area (Å²) in [5, 5.41) is 11.8. The van der Waals surface area contributed by atoms with Crippen LogP contribution in [0.4, 0.5) is 4.79 Å². The van der Waals surface area contributed by atoms with Gasteiger partial charge in [0.05, 0.1) is 29.5 Å². The number of ether oxygens (including phenoxy) is 2. The van der Waals surface area contributed by atoms with Crippen molar-refractivity contribution in [1.29, 1.82) is 0 Å². The summed E-state index contributed by atoms with van der Waals surface area (Å²) in [6.07, 6.45) is -1.50. The molecule has 0 radical (unpaired) electrons. The Morgan fingerprint density at radius 1 is 1.08 bits per heavy atom. The highest BCUT2D eigenvalue weighted by Gasteiger charge is 2.51. The molecule has 11 heteroatoms. The number of imide groups is 1. The number of carbonyl (C=O) groups excluding carboxylic acids is 3. The molecule has 202 valence electrons. The lowest BCUT2D eigenvalue weighted by atomic mass is 9.92. The second-order valence-corrected chi connectivity index (χ2v) is 12.0. The number of amides is 2. The number of methoxy groups -OCH3 is 1. The van der Waals surface area contributed by atoms with Crippen molar-refractivity contribution in [2.75, 3.05) is 7.11 Å². The lowest BCUT2D eigenvalue weighted by Crippen LogP contribution is -2.46. The van der Waals surface area contributed by atoms with Crippen molar-refractivity contribution in [1.82, 2.24) is 8.87 Å². The molecule has 1 unspecified atom stereocenters. The Bertz CT molecular complexity index is 1500. The molecule has 3 atom stereocenters. The van der Waals surface area contributed by atoms with Gasteiger partial charge in [0.25, 0.3) is 10.0 Å². The molecule has 1 aliphatic heterocycles. The van der Waals surface area contributed by atoms with Gasteiger partial charge >= 0.3 is 12.1 Å². The molecule has 0 saturated carbocycles. The first-order valence-electron chi connectivity index (χ1n) is 12.0. The zero-order chi connectivity index (χ0) is 28.0. The second kappa shape index (κ2) is 9.88. The maximum absolute atomic E-state index is 13.5. The van der Waals surface area contributed by atoms with E-state index < -0.39 is 51.7 Å². The Morgan fingerprint density at radius 2 is 1.71 bits per heavy atom. The Morgan fingerprint density at radius 3 is 2.32 bits per heavy atom. The van der Waals surface area contributed by atoms with Gasteiger partial charge in [-0.1, -0.05) is 35.9 Å². The number of esters is 1. The van der Waals surface area contributed by atoms with Crippen molar-refractivity contribution in [3.63, 3.8) is 0 Å². The number of nitrogens with zero attached hydrogens (tertiary/aromatic N) is 2. The molecular weight excluding hydrogens is 512 g/mol. The number of carbonyl (C=O) groups is 3. The highest BCUT2D eigenvalue weighted by Crippen LogP contribution is 2.39. The first-order valence-corrected chi connectivity index (χ1v) is 13.4. The maximum Gasteiger partial charge on any atom is 0.417 e. The third-order valence-electron chi connectivity index (χ3n) is 6.39. The highest BCUT2D eigenvalue weighted by molar-refractivity contribution is 7.90. The number of fused-ring (bicyclic) bond motifs is 1. The molecule has 1 saturated heterocycles. The van der Waals surface area contributed by atoms with Gasteiger partial charge in [-0.05, 0) is 52.3 Å². The van der Waals surface area contributed by atoms with Crippen LogP contribution in [0.5, 0.6) is 0 Å². The van der Waals surface area contributed by atoms with Gasteiger partial charge in [0.1, 0.15) is 11.6 Å². The number of benzene rings is 2. The van der Waals surface area contributed by atoms with Crippen LogP contribution in [0.1, 0.15) is 44.4 Å². The zero-order valence-corrected chi connectivity index (χ0v) is 22.6. The molecule has 1 aliphatic rings. The second-order valence-electron chi connectivity index (χ2n) is 10.2. The Labute approximate surface area is 220 Å². The number of aliphatic hydroxyl groups is 1. The summed E-state index contributed by atoms with van der Waals surface area (Å²) in [5.41, 5.74) is 0.434. The molecule has 0 bridgehead atoms. The van der Waals surface area contributed by atoms with Crippen LogP contribution in [0, 0.1) is 12.8 Å². The summed E-state index contributed by atoms with van der Waals surface area (Å²) in [5.74, 6) is -2.88. The van der Waals surface area contributed by atoms with E-state index in [0.717, 1.165) is 16.6 Å². The van der Waals surface area contributed by atoms with E-state index in [1.54, 1.807) is 57.2 Å². The van der Waals surface area contributed by atoms with E-state index in [1.807, 2.05) is 6.92 Å². The van der Waals surface area contributed by atoms with Crippen LogP contribution >= 0.6 is 0 Å². The summed E-state index contributed by atoms with van der Waals surface area (Å²) in [6, 6.07) is 11.6. The van der Waals surface area contributed by atoms with Crippen LogP contribution in [0.3, 0.4) is 0 Å². The van der Waals surface area contributed by atoms with Crippen molar-refractivity contribution in [3.8, 4) is 0 Å². The Kier molecular flexibility index (Phi) is 7.11. The molecule has 4 rings (SSSR count). The average Bonchev–Trinajstić information content (AvgIpc) is 3.41. The largest absolute Gasteiger partial charge is 0.467 e. The van der Waals surface area contributed by atoms with Crippen LogP contribution < -0.4 is 0 Å². The summed E-state index contributed by atoms with van der Waals surface area (Å²) in [6.45, 7) is 6.70. The molecule has 38 heavy (non-hydrogen) atoms. The number of rotatable bonds is 5. The van der Waals surface area contributed by atoms with Crippen LogP contribution in [-0.4, -0.2) is 59.1 Å². The normalized spacial score (nSPS) is 19.0. The predicted molar refractivity (Wildman–Crippen MR) is 138 cm³/mol. The Balaban J connectivity index is 1.77. The number of aliphatic hydroxyl groups excluding tert-OH is 1. The number of hydrogen-bond donors (Lipinski definition) is 1. The lowest BCUT2D eigenvalue weighted by molar-refractivity contribution is -0.149. The van der Waals surface area contributed by atoms with Crippen molar-refractivity contribution in [3.05, 3.63) is 65.9 Å². The fourth-order valence-electron chi connectivity index (χ4n) is 4.56. The van der Waals surface area contributed by atoms with Gasteiger partial charge in [0.2, 0.25) is 5.91 Å². The number of para-hydroxylation sites is 1. The van der Waals surface area contributed by atoms with Crippen LogP contribution in [0.15, 0.2) is 59.6 Å². The van der Waals surface area contributed by atoms with E-state index in [2.05, 4.69) is 0 Å². The fraction of sp³-hybridized carbons (Fsp3) is 0.370. The molecule has 10 nitrogen and oxygen atoms in total. The molecule has 1 N–H and O–H groups in total. The maximum atomic E-state index is 13.5. The van der Waals surface area contributed by atoms with Crippen molar-refractivity contribution in [2.24, 2.45) is 5.92 Å². The smallest absolute Gasteiger partial charge is 0.417 e. The van der Waals surface area contributed by atoms with E-state index in [4.69, 9.17) is 9.47 Å². The molecule has 2 heterocycles. The summed E-state index contributed by atoms with van der Waals surface area (Å²) in [7, 11) is -2.91. The van der Waals surface area contributed by atoms with E-state index >= 15 is 0 Å². The van der Waals surface area contributed by atoms with Crippen LogP contribution in [0.25, 0.3) is 10.9 Å². The monoisotopic (exact) mass is 542 g/mol. The lowest BCUT2D eigenvalue weighted by Gasteiger charge is -2.26. The number of aryl methyl sites for hydroxylation is 1. The fourth-order valence-corrected chi connectivity index (χ4v) is 5.94. The average molecular weight is 543 g/mol. The van der Waals surface area contributed by atoms with Gasteiger partial charge in [0.15, 0.2) is 0 Å². The SMILES string of the molecule is COC(=O)[C@@H]1C[C@H](C(O)c2cn(S(=O)(=O)c3ccc(C)cc3)c3ccccc23)C(=O)N1C(=O)OC(C)(C)C. The first-order chi connectivity index (χ1) is 17.8. The third-order valence-corrected chi connectivity index (χ3v) is 8.08. The standard InChI is InChI=1S/C27H30N2O8S/c1-16-10-12-17(13-11-16)38(34,35)28-15-20(18-8-6-7-9-21(18)28)23(30)19-14-22(25(32)36-5)29(24(19)31)26(33)37-27(2,3)4/h6-13,15,19,22-23,30H,14H2,1-5H3/t19-,22+,23?/m1/s1. The minimum absolute atomic E-state index is 0.0590. The van der Waals surface area contributed by atoms with Crippen molar-refractivity contribution in [2.45, 2.75) is 56.8 Å². The highest BCUT2D eigenvalue weighted by atomic mass is 32.2. The summed E-state index contributed by atoms with van der Waals surface area (Å²) >= 11 is 0. The number of hydrogen-bond acceptors (Lipinski definition) is 8. The number of aromatic nitrogens is 1. The predicted octanol–water partition coefficient (Wildman–Crippen LogP) is 3.55. The van der Waals surface area contributed by atoms with Crippen molar-refractivity contribution >= 4 is 38.9 Å². The van der Waals surface area contributed by atoms with Crippen LogP contribution in [0.2, 0.25) is 0 Å². The quantitative estimate of drug-likeness (QED) is 0.484. The van der Waals surface area contributed by atoms with Gasteiger partial charge in [0, 0.05) is 17.1 Å². The minimum Gasteiger partial charge on any atom is -0.467 e. The van der Waals surface area contributed by atoms with Gasteiger partial charge < -0.3 is 14.6 Å². The van der Waals surface area contributed by atoms with E-state index in [9.17, 15) is 27.9 Å². The third kappa shape index (κ3) is 4.91. The molecule has 1 fully saturated rings. The molecule has 0 aliphatic carbocycles. The molecule has 3 aromatic rings. The van der Waals surface area contributed by atoms with E-state index in [1.165, 1.54) is 18.3 Å². The van der Waals surface area contributed by atoms with Gasteiger partial charge in [-0.25, -0.2) is 26.9 Å². The van der Waals surface area contributed by atoms with Gasteiger partial charge in [-0.15, -0.1) is 0 Å². The zero-order valence-electron chi connectivity index (χ0n) is 21.7. The van der Waals surface area contributed by atoms with E-state index in [0.29, 0.717) is 15.8 Å². The first kappa shape index (κ1) is 27.3. The van der Waals surface area contributed by atoms with E-state index in [-0.39, 0.29) is 16.9 Å². The van der Waals surface area contributed by atoms with Gasteiger partial charge in [-0.3, -0.25) is 4.79 Å². The van der Waals surface area contributed by atoms with Gasteiger partial charge in [-0.2, -0.15) is 0 Å². The minimum atomic E-state index is -4.04. The molecule has 1 aromatic heterocycles. The molecule has 2 aromatic carbocycles. The molecule has 2 amide bonds. The Hall–Kier alpha value is -3.70. The number of likely N-dealkylation sites (tertiary alicyclic amines) is 1. The van der Waals surface area contributed by atoms with Crippen molar-refractivity contribution < 1.29 is 37.4 Å². The topological polar surface area (TPSA) is 132 Å².